The summed E-state index contributed by atoms with van der Waals surface area (Å²) in [6.07, 6.45) is 1.34. The fraction of sp³-hybridized carbons (Fsp3) is 0.276. The first-order valence-electron chi connectivity index (χ1n) is 11.7. The van der Waals surface area contributed by atoms with E-state index in [1.54, 1.807) is 7.11 Å². The smallest absolute Gasteiger partial charge is 0.163 e. The van der Waals surface area contributed by atoms with Gasteiger partial charge >= 0.3 is 0 Å². The molecule has 1 aliphatic heterocycles. The molecule has 3 aromatic carbocycles. The summed E-state index contributed by atoms with van der Waals surface area (Å²) in [5.74, 6) is 1.49. The van der Waals surface area contributed by atoms with Crippen molar-refractivity contribution < 1.29 is 14.3 Å². The van der Waals surface area contributed by atoms with Crippen LogP contribution in [0, 0.1) is 5.41 Å². The van der Waals surface area contributed by atoms with Crippen molar-refractivity contribution >= 4 is 17.2 Å². The van der Waals surface area contributed by atoms with E-state index in [4.69, 9.17) is 9.47 Å². The molecule has 34 heavy (non-hydrogen) atoms. The standard InChI is InChI=1S/C29H30N2O3/c1-29(2)16-23-27(24(32)17-29)28(31-22-12-8-7-11-21(22)30-23)20-13-14-25(26(15-20)33-3)34-18-19-9-5-4-6-10-19/h4-15,28,30-31H,16-18H2,1-3H3. The molecule has 0 radical (unpaired) electrons. The van der Waals surface area contributed by atoms with Gasteiger partial charge in [0.2, 0.25) is 0 Å². The second-order valence-electron chi connectivity index (χ2n) is 9.77. The van der Waals surface area contributed by atoms with Gasteiger partial charge in [-0.3, -0.25) is 4.79 Å². The summed E-state index contributed by atoms with van der Waals surface area (Å²) < 4.78 is 11.7. The number of ether oxygens (including phenoxy) is 2. The van der Waals surface area contributed by atoms with E-state index in [9.17, 15) is 4.79 Å². The molecule has 0 fully saturated rings. The maximum atomic E-state index is 13.4. The Morgan fingerprint density at radius 3 is 2.41 bits per heavy atom. The molecule has 0 aromatic heterocycles. The van der Waals surface area contributed by atoms with Crippen molar-refractivity contribution in [1.82, 2.24) is 0 Å². The summed E-state index contributed by atoms with van der Waals surface area (Å²) in [7, 11) is 1.64. The molecule has 3 aromatic rings. The molecule has 0 bridgehead atoms. The summed E-state index contributed by atoms with van der Waals surface area (Å²) >= 11 is 0. The molecule has 2 N–H and O–H groups in total. The molecule has 174 valence electrons. The van der Waals surface area contributed by atoms with Crippen LogP contribution in [0.15, 0.2) is 84.1 Å². The monoisotopic (exact) mass is 454 g/mol. The maximum Gasteiger partial charge on any atom is 0.163 e. The van der Waals surface area contributed by atoms with E-state index < -0.39 is 0 Å². The van der Waals surface area contributed by atoms with Gasteiger partial charge in [-0.25, -0.2) is 0 Å². The lowest BCUT2D eigenvalue weighted by Crippen LogP contribution is -2.31. The van der Waals surface area contributed by atoms with Gasteiger partial charge in [-0.1, -0.05) is 62.4 Å². The third-order valence-electron chi connectivity index (χ3n) is 6.48. The summed E-state index contributed by atoms with van der Waals surface area (Å²) in [5.41, 5.74) is 5.71. The van der Waals surface area contributed by atoms with E-state index in [1.165, 1.54) is 0 Å². The molecule has 5 nitrogen and oxygen atoms in total. The number of methoxy groups -OCH3 is 1. The number of anilines is 2. The average Bonchev–Trinajstić information content (AvgIpc) is 2.99. The van der Waals surface area contributed by atoms with Crippen LogP contribution in [0.2, 0.25) is 0 Å². The Balaban J connectivity index is 1.52. The minimum absolute atomic E-state index is 0.0838. The second kappa shape index (κ2) is 8.90. The first-order chi connectivity index (χ1) is 16.4. The van der Waals surface area contributed by atoms with Gasteiger partial charge in [0.1, 0.15) is 6.61 Å². The number of allylic oxidation sites excluding steroid dienone is 1. The number of Topliss-reactive ketones (excluding diaryl/α,β-unsaturated/α-hetero) is 1. The van der Waals surface area contributed by atoms with E-state index in [2.05, 4.69) is 24.5 Å². The summed E-state index contributed by atoms with van der Waals surface area (Å²) in [5, 5.41) is 7.19. The zero-order valence-electron chi connectivity index (χ0n) is 19.9. The predicted octanol–water partition coefficient (Wildman–Crippen LogP) is 6.50. The number of carbonyl (C=O) groups excluding carboxylic acids is 1. The fourth-order valence-electron chi connectivity index (χ4n) is 4.86. The van der Waals surface area contributed by atoms with Crippen LogP contribution in [0.5, 0.6) is 11.5 Å². The first kappa shape index (κ1) is 22.1. The lowest BCUT2D eigenvalue weighted by molar-refractivity contribution is -0.118. The Kier molecular flexibility index (Phi) is 5.78. The Morgan fingerprint density at radius 1 is 0.912 bits per heavy atom. The molecular formula is C29H30N2O3. The van der Waals surface area contributed by atoms with Gasteiger partial charge in [-0.05, 0) is 47.2 Å². The van der Waals surface area contributed by atoms with Crippen LogP contribution in [0.25, 0.3) is 0 Å². The highest BCUT2D eigenvalue weighted by atomic mass is 16.5. The Bertz CT molecular complexity index is 1250. The Hall–Kier alpha value is -3.73. The molecule has 5 rings (SSSR count). The summed E-state index contributed by atoms with van der Waals surface area (Å²) in [6.45, 7) is 4.76. The number of hydrogen-bond acceptors (Lipinski definition) is 5. The van der Waals surface area contributed by atoms with Crippen LogP contribution in [-0.4, -0.2) is 12.9 Å². The van der Waals surface area contributed by atoms with Gasteiger partial charge in [-0.15, -0.1) is 0 Å². The molecule has 5 heteroatoms. The summed E-state index contributed by atoms with van der Waals surface area (Å²) in [6, 6.07) is 23.8. The molecule has 0 saturated heterocycles. The topological polar surface area (TPSA) is 59.6 Å². The highest BCUT2D eigenvalue weighted by Crippen LogP contribution is 2.46. The van der Waals surface area contributed by atoms with Crippen LogP contribution >= 0.6 is 0 Å². The van der Waals surface area contributed by atoms with Crippen LogP contribution in [0.4, 0.5) is 11.4 Å². The number of rotatable bonds is 5. The first-order valence-corrected chi connectivity index (χ1v) is 11.7. The zero-order valence-corrected chi connectivity index (χ0v) is 19.9. The Morgan fingerprint density at radius 2 is 1.65 bits per heavy atom. The van der Waals surface area contributed by atoms with E-state index in [0.29, 0.717) is 24.5 Å². The molecule has 1 atom stereocenters. The van der Waals surface area contributed by atoms with Gasteiger partial charge in [0.25, 0.3) is 0 Å². The van der Waals surface area contributed by atoms with Crippen molar-refractivity contribution in [2.75, 3.05) is 17.7 Å². The quantitative estimate of drug-likeness (QED) is 0.461. The molecule has 0 saturated carbocycles. The number of carbonyl (C=O) groups is 1. The van der Waals surface area contributed by atoms with Crippen molar-refractivity contribution in [1.29, 1.82) is 0 Å². The van der Waals surface area contributed by atoms with Crippen LogP contribution in [0.3, 0.4) is 0 Å². The van der Waals surface area contributed by atoms with Crippen molar-refractivity contribution in [2.24, 2.45) is 5.41 Å². The number of ketones is 1. The second-order valence-corrected chi connectivity index (χ2v) is 9.77. The van der Waals surface area contributed by atoms with Gasteiger partial charge in [0.05, 0.1) is 24.5 Å². The van der Waals surface area contributed by atoms with Crippen LogP contribution < -0.4 is 20.1 Å². The minimum Gasteiger partial charge on any atom is -0.493 e. The molecule has 2 aliphatic rings. The minimum atomic E-state index is -0.285. The van der Waals surface area contributed by atoms with E-state index in [-0.39, 0.29) is 17.2 Å². The van der Waals surface area contributed by atoms with Gasteiger partial charge < -0.3 is 20.1 Å². The van der Waals surface area contributed by atoms with Crippen molar-refractivity contribution in [3.8, 4) is 11.5 Å². The normalized spacial score (nSPS) is 18.7. The van der Waals surface area contributed by atoms with Crippen molar-refractivity contribution in [3.05, 3.63) is 95.2 Å². The third kappa shape index (κ3) is 4.38. The summed E-state index contributed by atoms with van der Waals surface area (Å²) in [4.78, 5) is 13.4. The highest BCUT2D eigenvalue weighted by Gasteiger charge is 2.38. The average molecular weight is 455 g/mol. The van der Waals surface area contributed by atoms with E-state index in [0.717, 1.165) is 40.2 Å². The number of nitrogens with one attached hydrogen (secondary N) is 2. The number of hydrogen-bond donors (Lipinski definition) is 2. The van der Waals surface area contributed by atoms with E-state index in [1.807, 2.05) is 72.8 Å². The molecular weight excluding hydrogens is 424 g/mol. The third-order valence-corrected chi connectivity index (χ3v) is 6.48. The molecule has 0 spiro atoms. The lowest BCUT2D eigenvalue weighted by Gasteiger charge is -2.34. The lowest BCUT2D eigenvalue weighted by atomic mass is 9.73. The van der Waals surface area contributed by atoms with Gasteiger partial charge in [0, 0.05) is 17.7 Å². The molecule has 1 heterocycles. The number of fused-ring (bicyclic) bond motifs is 1. The van der Waals surface area contributed by atoms with Crippen molar-refractivity contribution in [2.45, 2.75) is 39.3 Å². The molecule has 0 amide bonds. The van der Waals surface area contributed by atoms with Crippen LogP contribution in [0.1, 0.15) is 43.9 Å². The highest BCUT2D eigenvalue weighted by molar-refractivity contribution is 6.01. The van der Waals surface area contributed by atoms with Gasteiger partial charge in [0.15, 0.2) is 17.3 Å². The van der Waals surface area contributed by atoms with Crippen LogP contribution in [-0.2, 0) is 11.4 Å². The van der Waals surface area contributed by atoms with E-state index >= 15 is 0 Å². The Labute approximate surface area is 200 Å². The predicted molar refractivity (Wildman–Crippen MR) is 135 cm³/mol. The number of para-hydroxylation sites is 2. The SMILES string of the molecule is COc1cc(C2Nc3ccccc3NC3=C2C(=O)CC(C)(C)C3)ccc1OCc1ccccc1. The maximum absolute atomic E-state index is 13.4. The fourth-order valence-corrected chi connectivity index (χ4v) is 4.86. The molecule has 1 aliphatic carbocycles. The van der Waals surface area contributed by atoms with Crippen molar-refractivity contribution in [3.63, 3.8) is 0 Å². The largest absolute Gasteiger partial charge is 0.493 e. The zero-order chi connectivity index (χ0) is 23.7. The number of benzene rings is 3. The molecule has 1 unspecified atom stereocenters. The van der Waals surface area contributed by atoms with Gasteiger partial charge in [-0.2, -0.15) is 0 Å².